The molecule has 4 heteroatoms. The summed E-state index contributed by atoms with van der Waals surface area (Å²) in [6.07, 6.45) is 11.7. The van der Waals surface area contributed by atoms with Crippen LogP contribution in [0.3, 0.4) is 0 Å². The number of allylic oxidation sites excluding steroid dienone is 1. The molecule has 1 aliphatic carbocycles. The van der Waals surface area contributed by atoms with Crippen molar-refractivity contribution >= 4 is 17.1 Å². The first-order chi connectivity index (χ1) is 17.4. The predicted molar refractivity (Wildman–Crippen MR) is 143 cm³/mol. The van der Waals surface area contributed by atoms with Crippen molar-refractivity contribution in [2.75, 3.05) is 0 Å². The average molecular weight is 646 g/mol. The second-order valence-electron chi connectivity index (χ2n) is 9.18. The Kier molecular flexibility index (Phi) is 7.55. The SMILES string of the molecule is [Ir].[c-]1ccccc1-c1ccccn1.[c-]1ccccc1-c1nc2cc(C3CCCC3)cc3c2n1CC=C3. The minimum Gasteiger partial charge on any atom is -0.360 e. The van der Waals surface area contributed by atoms with Crippen molar-refractivity contribution in [3.63, 3.8) is 0 Å². The Balaban J connectivity index is 0.000000175. The van der Waals surface area contributed by atoms with Gasteiger partial charge in [0, 0.05) is 32.8 Å². The number of benzene rings is 3. The topological polar surface area (TPSA) is 30.7 Å². The fourth-order valence-electron chi connectivity index (χ4n) is 5.22. The Morgan fingerprint density at radius 3 is 2.28 bits per heavy atom. The predicted octanol–water partition coefficient (Wildman–Crippen LogP) is 7.73. The Hall–Kier alpha value is -3.33. The molecule has 0 spiro atoms. The molecular weight excluding hydrogens is 619 g/mol. The van der Waals surface area contributed by atoms with Gasteiger partial charge in [-0.3, -0.25) is 4.98 Å². The van der Waals surface area contributed by atoms with Crippen LogP contribution < -0.4 is 0 Å². The van der Waals surface area contributed by atoms with Crippen LogP contribution in [0.1, 0.15) is 42.7 Å². The van der Waals surface area contributed by atoms with Crippen molar-refractivity contribution in [3.8, 4) is 22.6 Å². The van der Waals surface area contributed by atoms with E-state index in [9.17, 15) is 0 Å². The van der Waals surface area contributed by atoms with Crippen LogP contribution in [0, 0.1) is 12.1 Å². The number of pyridine rings is 1. The van der Waals surface area contributed by atoms with Crippen LogP contribution in [0.4, 0.5) is 0 Å². The maximum Gasteiger partial charge on any atom is 0.0779 e. The van der Waals surface area contributed by atoms with Crippen LogP contribution in [0.15, 0.2) is 91.1 Å². The van der Waals surface area contributed by atoms with Crippen LogP contribution in [0.25, 0.3) is 39.8 Å². The number of hydrogen-bond acceptors (Lipinski definition) is 2. The van der Waals surface area contributed by atoms with E-state index < -0.39 is 0 Å². The van der Waals surface area contributed by atoms with Gasteiger partial charge in [-0.1, -0.05) is 37.1 Å². The Morgan fingerprint density at radius 1 is 0.833 bits per heavy atom. The van der Waals surface area contributed by atoms with Crippen molar-refractivity contribution in [2.24, 2.45) is 0 Å². The molecule has 0 unspecified atom stereocenters. The van der Waals surface area contributed by atoms with Crippen molar-refractivity contribution in [3.05, 3.63) is 114 Å². The number of rotatable bonds is 3. The monoisotopic (exact) mass is 646 g/mol. The minimum atomic E-state index is 0. The Labute approximate surface area is 226 Å². The van der Waals surface area contributed by atoms with Gasteiger partial charge in [-0.15, -0.1) is 71.8 Å². The van der Waals surface area contributed by atoms with E-state index in [1.165, 1.54) is 42.3 Å². The van der Waals surface area contributed by atoms with E-state index in [0.717, 1.165) is 40.6 Å². The molecule has 3 nitrogen and oxygen atoms in total. The summed E-state index contributed by atoms with van der Waals surface area (Å²) in [6.45, 7) is 0.893. The van der Waals surface area contributed by atoms with Gasteiger partial charge >= 0.3 is 0 Å². The van der Waals surface area contributed by atoms with Crippen molar-refractivity contribution in [1.82, 2.24) is 14.5 Å². The minimum absolute atomic E-state index is 0. The van der Waals surface area contributed by atoms with Crippen LogP contribution in [-0.4, -0.2) is 14.5 Å². The molecule has 3 heterocycles. The van der Waals surface area contributed by atoms with Crippen LogP contribution in [0.5, 0.6) is 0 Å². The zero-order valence-corrected chi connectivity index (χ0v) is 22.4. The van der Waals surface area contributed by atoms with Gasteiger partial charge in [0.15, 0.2) is 0 Å². The van der Waals surface area contributed by atoms with Gasteiger partial charge in [0.05, 0.1) is 16.9 Å². The van der Waals surface area contributed by atoms with Gasteiger partial charge in [-0.25, -0.2) is 0 Å². The van der Waals surface area contributed by atoms with Gasteiger partial charge < -0.3 is 9.55 Å². The summed E-state index contributed by atoms with van der Waals surface area (Å²) in [7, 11) is 0. The molecule has 2 aromatic heterocycles. The zero-order valence-electron chi connectivity index (χ0n) is 20.0. The smallest absolute Gasteiger partial charge is 0.0779 e. The largest absolute Gasteiger partial charge is 0.360 e. The van der Waals surface area contributed by atoms with Crippen molar-refractivity contribution in [2.45, 2.75) is 38.1 Å². The molecule has 36 heavy (non-hydrogen) atoms. The van der Waals surface area contributed by atoms with Gasteiger partial charge in [0.25, 0.3) is 0 Å². The first kappa shape index (κ1) is 24.4. The average Bonchev–Trinajstić information content (AvgIpc) is 3.61. The third-order valence-electron chi connectivity index (χ3n) is 6.91. The maximum absolute atomic E-state index is 4.98. The van der Waals surface area contributed by atoms with Gasteiger partial charge in [-0.05, 0) is 53.8 Å². The summed E-state index contributed by atoms with van der Waals surface area (Å²) in [6, 6.07) is 33.0. The van der Waals surface area contributed by atoms with E-state index >= 15 is 0 Å². The molecule has 1 saturated carbocycles. The van der Waals surface area contributed by atoms with E-state index in [4.69, 9.17) is 4.98 Å². The standard InChI is InChI=1S/C21H19N2.C11H8N.Ir/c1-2-9-16(10-3-1)21-22-19-14-18(15-7-4-5-8-15)13-17-11-6-12-23(21)20(17)19;1-2-6-10(7-3-1)11-8-4-5-9-12-11;/h1-3,6,9,11,13-15H,4-5,7-8,12H2;1-6,8-9H;/q2*-1;. The summed E-state index contributed by atoms with van der Waals surface area (Å²) in [5, 5.41) is 0. The second-order valence-corrected chi connectivity index (χ2v) is 9.18. The van der Waals surface area contributed by atoms with E-state index in [1.807, 2.05) is 54.6 Å². The summed E-state index contributed by atoms with van der Waals surface area (Å²) in [5.41, 5.74) is 8.31. The maximum atomic E-state index is 4.98. The van der Waals surface area contributed by atoms with Crippen molar-refractivity contribution < 1.29 is 20.1 Å². The molecule has 0 N–H and O–H groups in total. The van der Waals surface area contributed by atoms with E-state index in [2.05, 4.69) is 58.1 Å². The third kappa shape index (κ3) is 4.97. The molecule has 1 radical (unpaired) electrons. The fraction of sp³-hybridized carbons (Fsp3) is 0.188. The molecule has 1 aliphatic heterocycles. The van der Waals surface area contributed by atoms with E-state index in [-0.39, 0.29) is 20.1 Å². The molecule has 0 atom stereocenters. The molecule has 181 valence electrons. The first-order valence-electron chi connectivity index (χ1n) is 12.4. The molecule has 0 bridgehead atoms. The summed E-state index contributed by atoms with van der Waals surface area (Å²) < 4.78 is 2.33. The molecule has 7 rings (SSSR count). The van der Waals surface area contributed by atoms with Gasteiger partial charge in [0.2, 0.25) is 0 Å². The molecule has 2 aliphatic rings. The van der Waals surface area contributed by atoms with Crippen LogP contribution in [0.2, 0.25) is 0 Å². The Bertz CT molecular complexity index is 1410. The molecule has 3 aromatic carbocycles. The number of imidazole rings is 1. The fourth-order valence-corrected chi connectivity index (χ4v) is 5.22. The van der Waals surface area contributed by atoms with Crippen molar-refractivity contribution in [1.29, 1.82) is 0 Å². The molecule has 1 fully saturated rings. The van der Waals surface area contributed by atoms with E-state index in [1.54, 1.807) is 6.20 Å². The summed E-state index contributed by atoms with van der Waals surface area (Å²) in [4.78, 5) is 9.20. The Morgan fingerprint density at radius 2 is 1.58 bits per heavy atom. The number of aromatic nitrogens is 3. The normalized spacial score (nSPS) is 14.2. The quantitative estimate of drug-likeness (QED) is 0.188. The number of hydrogen-bond donors (Lipinski definition) is 0. The third-order valence-corrected chi connectivity index (χ3v) is 6.91. The van der Waals surface area contributed by atoms with Gasteiger partial charge in [0.1, 0.15) is 0 Å². The molecule has 5 aromatic rings. The molecule has 0 saturated heterocycles. The first-order valence-corrected chi connectivity index (χ1v) is 12.4. The molecular formula is C32H27IrN3-2. The summed E-state index contributed by atoms with van der Waals surface area (Å²) in [5.74, 6) is 1.76. The summed E-state index contributed by atoms with van der Waals surface area (Å²) >= 11 is 0. The van der Waals surface area contributed by atoms with Gasteiger partial charge in [-0.2, -0.15) is 0 Å². The molecule has 0 amide bonds. The van der Waals surface area contributed by atoms with Crippen LogP contribution in [-0.2, 0) is 26.7 Å². The van der Waals surface area contributed by atoms with E-state index in [0.29, 0.717) is 0 Å². The second kappa shape index (κ2) is 11.2. The number of nitrogens with zero attached hydrogens (tertiary/aromatic N) is 3. The zero-order chi connectivity index (χ0) is 23.5. The van der Waals surface area contributed by atoms with Crippen LogP contribution >= 0.6 is 0 Å².